The number of anilines is 2. The molecule has 2 aromatic rings. The molecular formula is C11H9N5O. The summed E-state index contributed by atoms with van der Waals surface area (Å²) in [4.78, 5) is 12.0. The normalized spacial score (nSPS) is 9.41. The van der Waals surface area contributed by atoms with Gasteiger partial charge in [0, 0.05) is 6.07 Å². The van der Waals surface area contributed by atoms with Crippen LogP contribution in [-0.4, -0.2) is 22.1 Å². The molecule has 0 amide bonds. The Morgan fingerprint density at radius 2 is 2.06 bits per heavy atom. The first-order valence-electron chi connectivity index (χ1n) is 4.81. The lowest BCUT2D eigenvalue weighted by atomic mass is 10.4. The van der Waals surface area contributed by atoms with Gasteiger partial charge in [0.15, 0.2) is 5.69 Å². The maximum Gasteiger partial charge on any atom is 0.213 e. The smallest absolute Gasteiger partial charge is 0.213 e. The molecule has 2 aromatic heterocycles. The summed E-state index contributed by atoms with van der Waals surface area (Å²) in [6.07, 6.45) is 4.51. The third-order valence-electron chi connectivity index (χ3n) is 1.98. The number of nitrogens with zero attached hydrogens (tertiary/aromatic N) is 4. The maximum absolute atomic E-state index is 8.58. The van der Waals surface area contributed by atoms with Crippen LogP contribution in [0.5, 0.6) is 5.88 Å². The van der Waals surface area contributed by atoms with Gasteiger partial charge < -0.3 is 10.1 Å². The van der Waals surface area contributed by atoms with Gasteiger partial charge >= 0.3 is 0 Å². The van der Waals surface area contributed by atoms with E-state index in [2.05, 4.69) is 20.3 Å². The first-order valence-corrected chi connectivity index (χ1v) is 4.81. The molecule has 2 rings (SSSR count). The predicted octanol–water partition coefficient (Wildman–Crippen LogP) is 1.50. The van der Waals surface area contributed by atoms with Crippen molar-refractivity contribution in [3.05, 3.63) is 36.4 Å². The lowest BCUT2D eigenvalue weighted by Gasteiger charge is -2.04. The molecule has 84 valence electrons. The Hall–Kier alpha value is -2.68. The van der Waals surface area contributed by atoms with E-state index in [0.717, 1.165) is 5.69 Å². The van der Waals surface area contributed by atoms with E-state index < -0.39 is 0 Å². The average Bonchev–Trinajstić information content (AvgIpc) is 2.40. The number of pyridine rings is 1. The van der Waals surface area contributed by atoms with Crippen molar-refractivity contribution < 1.29 is 4.74 Å². The summed E-state index contributed by atoms with van der Waals surface area (Å²) >= 11 is 0. The van der Waals surface area contributed by atoms with Gasteiger partial charge in [-0.1, -0.05) is 0 Å². The van der Waals surface area contributed by atoms with Crippen LogP contribution in [0.25, 0.3) is 0 Å². The van der Waals surface area contributed by atoms with Crippen molar-refractivity contribution in [2.75, 3.05) is 12.4 Å². The van der Waals surface area contributed by atoms with Gasteiger partial charge in [0.25, 0.3) is 0 Å². The Labute approximate surface area is 97.9 Å². The molecule has 1 N–H and O–H groups in total. The summed E-state index contributed by atoms with van der Waals surface area (Å²) in [7, 11) is 1.56. The quantitative estimate of drug-likeness (QED) is 0.855. The number of methoxy groups -OCH3 is 1. The largest absolute Gasteiger partial charge is 0.481 e. The molecule has 0 aliphatic carbocycles. The topological polar surface area (TPSA) is 83.7 Å². The van der Waals surface area contributed by atoms with Gasteiger partial charge in [-0.15, -0.1) is 0 Å². The predicted molar refractivity (Wildman–Crippen MR) is 60.8 cm³/mol. The summed E-state index contributed by atoms with van der Waals surface area (Å²) in [5.41, 5.74) is 1.05. The molecule has 6 nitrogen and oxygen atoms in total. The molecule has 0 atom stereocenters. The Balaban J connectivity index is 2.11. The molecule has 0 fully saturated rings. The molecule has 0 bridgehead atoms. The van der Waals surface area contributed by atoms with E-state index in [4.69, 9.17) is 10.00 Å². The molecule has 0 saturated carbocycles. The molecule has 0 aliphatic heterocycles. The van der Waals surface area contributed by atoms with Gasteiger partial charge in [-0.25, -0.2) is 15.0 Å². The highest BCUT2D eigenvalue weighted by atomic mass is 16.5. The zero-order chi connectivity index (χ0) is 12.1. The van der Waals surface area contributed by atoms with Crippen molar-refractivity contribution in [1.29, 1.82) is 5.26 Å². The zero-order valence-electron chi connectivity index (χ0n) is 9.08. The van der Waals surface area contributed by atoms with E-state index in [9.17, 15) is 0 Å². The van der Waals surface area contributed by atoms with E-state index >= 15 is 0 Å². The Kier molecular flexibility index (Phi) is 3.12. The zero-order valence-corrected chi connectivity index (χ0v) is 9.08. The summed E-state index contributed by atoms with van der Waals surface area (Å²) in [6, 6.07) is 5.45. The van der Waals surface area contributed by atoms with Gasteiger partial charge in [-0.05, 0) is 6.07 Å². The first kappa shape index (κ1) is 10.8. The van der Waals surface area contributed by atoms with Crippen LogP contribution in [0.15, 0.2) is 30.7 Å². The van der Waals surface area contributed by atoms with Crippen molar-refractivity contribution in [1.82, 2.24) is 15.0 Å². The molecule has 2 heterocycles. The first-order chi connectivity index (χ1) is 8.31. The van der Waals surface area contributed by atoms with E-state index in [1.54, 1.807) is 19.4 Å². The molecular weight excluding hydrogens is 218 g/mol. The Bertz CT molecular complexity index is 529. The summed E-state index contributed by atoms with van der Waals surface area (Å²) in [6.45, 7) is 0. The number of hydrogen-bond donors (Lipinski definition) is 1. The second-order valence-electron chi connectivity index (χ2n) is 3.11. The highest BCUT2D eigenvalue weighted by Gasteiger charge is 1.99. The minimum atomic E-state index is 0.281. The molecule has 0 saturated heterocycles. The van der Waals surface area contributed by atoms with Crippen molar-refractivity contribution in [2.24, 2.45) is 0 Å². The Morgan fingerprint density at radius 1 is 1.18 bits per heavy atom. The van der Waals surface area contributed by atoms with Gasteiger partial charge in [0.1, 0.15) is 11.9 Å². The summed E-state index contributed by atoms with van der Waals surface area (Å²) in [5.74, 6) is 1.09. The second kappa shape index (κ2) is 4.90. The van der Waals surface area contributed by atoms with Gasteiger partial charge in [-0.3, -0.25) is 0 Å². The van der Waals surface area contributed by atoms with Crippen LogP contribution < -0.4 is 10.1 Å². The molecule has 17 heavy (non-hydrogen) atoms. The molecule has 0 aromatic carbocycles. The van der Waals surface area contributed by atoms with Crippen molar-refractivity contribution in [3.63, 3.8) is 0 Å². The van der Waals surface area contributed by atoms with Crippen LogP contribution in [0, 0.1) is 11.3 Å². The molecule has 0 aliphatic rings. The molecule has 0 radical (unpaired) electrons. The van der Waals surface area contributed by atoms with E-state index in [0.29, 0.717) is 11.7 Å². The number of rotatable bonds is 3. The molecule has 0 unspecified atom stereocenters. The fourth-order valence-electron chi connectivity index (χ4n) is 1.17. The SMILES string of the molecule is COc1ccc(Nc2cnc(C#N)cn2)cn1. The monoisotopic (exact) mass is 227 g/mol. The van der Waals surface area contributed by atoms with E-state index in [-0.39, 0.29) is 5.69 Å². The highest BCUT2D eigenvalue weighted by molar-refractivity contribution is 5.54. The van der Waals surface area contributed by atoms with Crippen LogP contribution in [0.2, 0.25) is 0 Å². The van der Waals surface area contributed by atoms with Crippen LogP contribution in [0.4, 0.5) is 11.5 Å². The fraction of sp³-hybridized carbons (Fsp3) is 0.0909. The van der Waals surface area contributed by atoms with E-state index in [1.165, 1.54) is 12.4 Å². The molecule has 6 heteroatoms. The molecule has 0 spiro atoms. The van der Waals surface area contributed by atoms with Crippen LogP contribution in [-0.2, 0) is 0 Å². The fourth-order valence-corrected chi connectivity index (χ4v) is 1.17. The van der Waals surface area contributed by atoms with Crippen LogP contribution in [0.1, 0.15) is 5.69 Å². The van der Waals surface area contributed by atoms with Crippen molar-refractivity contribution >= 4 is 11.5 Å². The maximum atomic E-state index is 8.58. The number of aromatic nitrogens is 3. The lowest BCUT2D eigenvalue weighted by molar-refractivity contribution is 0.398. The number of hydrogen-bond acceptors (Lipinski definition) is 6. The summed E-state index contributed by atoms with van der Waals surface area (Å²) in [5, 5.41) is 11.6. The average molecular weight is 227 g/mol. The van der Waals surface area contributed by atoms with Gasteiger partial charge in [-0.2, -0.15) is 5.26 Å². The van der Waals surface area contributed by atoms with Crippen LogP contribution in [0.3, 0.4) is 0 Å². The second-order valence-corrected chi connectivity index (χ2v) is 3.11. The Morgan fingerprint density at radius 3 is 2.59 bits per heavy atom. The third kappa shape index (κ3) is 2.66. The van der Waals surface area contributed by atoms with E-state index in [1.807, 2.05) is 12.1 Å². The minimum absolute atomic E-state index is 0.281. The van der Waals surface area contributed by atoms with Crippen LogP contribution >= 0.6 is 0 Å². The summed E-state index contributed by atoms with van der Waals surface area (Å²) < 4.78 is 4.95. The lowest BCUT2D eigenvalue weighted by Crippen LogP contribution is -1.96. The highest BCUT2D eigenvalue weighted by Crippen LogP contribution is 2.15. The number of ether oxygens (including phenoxy) is 1. The minimum Gasteiger partial charge on any atom is -0.481 e. The van der Waals surface area contributed by atoms with Gasteiger partial charge in [0.2, 0.25) is 5.88 Å². The van der Waals surface area contributed by atoms with Gasteiger partial charge in [0.05, 0.1) is 31.4 Å². The standard InChI is InChI=1S/C11H9N5O/c1-17-11-3-2-8(5-15-11)16-10-7-13-9(4-12)6-14-10/h2-3,5-7H,1H3,(H,14,16). The number of nitriles is 1. The third-order valence-corrected chi connectivity index (χ3v) is 1.98. The van der Waals surface area contributed by atoms with Crippen molar-refractivity contribution in [3.8, 4) is 11.9 Å². The number of nitrogens with one attached hydrogen (secondary N) is 1. The van der Waals surface area contributed by atoms with Crippen molar-refractivity contribution in [2.45, 2.75) is 0 Å².